The number of ether oxygens (including phenoxy) is 8. The monoisotopic (exact) mass is 823 g/mol. The van der Waals surface area contributed by atoms with Crippen LogP contribution in [-0.4, -0.2) is 110 Å². The van der Waals surface area contributed by atoms with Crippen LogP contribution in [0.2, 0.25) is 0 Å². The highest BCUT2D eigenvalue weighted by Crippen LogP contribution is 2.41. The largest absolute Gasteiger partial charge is 0.496 e. The summed E-state index contributed by atoms with van der Waals surface area (Å²) >= 11 is 6.23. The molecule has 2 aliphatic heterocycles. The van der Waals surface area contributed by atoms with Gasteiger partial charge >= 0.3 is 11.9 Å². The van der Waals surface area contributed by atoms with Gasteiger partial charge in [-0.1, -0.05) is 30.7 Å². The third-order valence-electron chi connectivity index (χ3n) is 11.3. The van der Waals surface area contributed by atoms with Crippen LogP contribution in [0.4, 0.5) is 0 Å². The summed E-state index contributed by atoms with van der Waals surface area (Å²) in [5.74, 6) is 2.67. The SMILES string of the molecule is CCc1ccc(CC2c3cc(OC)c(OC)cc3CCN2CCCOC(=O)C(Cl)=CC(=O)OCCC[N+]2(Cc3cc(OC)c(OC)c(OC)c3)CCCC2)cc1OC. The van der Waals surface area contributed by atoms with Gasteiger partial charge in [0.2, 0.25) is 5.75 Å². The number of rotatable bonds is 21. The van der Waals surface area contributed by atoms with Gasteiger partial charge in [0.25, 0.3) is 0 Å². The van der Waals surface area contributed by atoms with Gasteiger partial charge in [0.05, 0.1) is 75.5 Å². The first-order valence-corrected chi connectivity index (χ1v) is 20.5. The summed E-state index contributed by atoms with van der Waals surface area (Å²) in [6, 6.07) is 14.6. The fraction of sp³-hybridized carbons (Fsp3) is 0.511. The number of benzene rings is 3. The van der Waals surface area contributed by atoms with E-state index < -0.39 is 11.9 Å². The molecule has 2 heterocycles. The van der Waals surface area contributed by atoms with Crippen molar-refractivity contribution in [2.24, 2.45) is 0 Å². The Morgan fingerprint density at radius 1 is 0.776 bits per heavy atom. The first-order valence-electron chi connectivity index (χ1n) is 20.1. The zero-order chi connectivity index (χ0) is 41.7. The summed E-state index contributed by atoms with van der Waals surface area (Å²) in [4.78, 5) is 27.8. The molecule has 1 atom stereocenters. The Labute approximate surface area is 348 Å². The van der Waals surface area contributed by atoms with Crippen molar-refractivity contribution in [3.05, 3.63) is 81.4 Å². The maximum Gasteiger partial charge on any atom is 0.350 e. The third-order valence-corrected chi connectivity index (χ3v) is 11.6. The summed E-state index contributed by atoms with van der Waals surface area (Å²) in [7, 11) is 9.83. The Morgan fingerprint density at radius 2 is 1.41 bits per heavy atom. The van der Waals surface area contributed by atoms with Crippen LogP contribution in [0.15, 0.2) is 53.6 Å². The molecule has 0 bridgehead atoms. The number of likely N-dealkylation sites (tertiary alicyclic amines) is 1. The van der Waals surface area contributed by atoms with Gasteiger partial charge in [-0.3, -0.25) is 4.90 Å². The van der Waals surface area contributed by atoms with Crippen LogP contribution in [-0.2, 0) is 44.9 Å². The zero-order valence-electron chi connectivity index (χ0n) is 35.2. The summed E-state index contributed by atoms with van der Waals surface area (Å²) < 4.78 is 45.5. The second-order valence-electron chi connectivity index (χ2n) is 14.8. The Morgan fingerprint density at radius 3 is 2.05 bits per heavy atom. The second-order valence-corrected chi connectivity index (χ2v) is 15.2. The first kappa shape index (κ1) is 44.5. The number of esters is 2. The normalized spacial score (nSPS) is 16.3. The van der Waals surface area contributed by atoms with Crippen LogP contribution in [0.3, 0.4) is 0 Å². The van der Waals surface area contributed by atoms with E-state index in [1.165, 1.54) is 16.7 Å². The van der Waals surface area contributed by atoms with Crippen molar-refractivity contribution in [2.75, 3.05) is 88.6 Å². The van der Waals surface area contributed by atoms with Crippen molar-refractivity contribution >= 4 is 23.5 Å². The van der Waals surface area contributed by atoms with E-state index in [9.17, 15) is 9.59 Å². The predicted octanol–water partition coefficient (Wildman–Crippen LogP) is 7.24. The standard InChI is InChI=1S/C45H60ClN2O10/c1-8-33-14-13-31(24-38(33)51-2)23-37-35-28-40(53-4)39(52-3)27-34(35)15-17-47(37)16-11-21-58-45(50)36(46)29-43(49)57-22-12-20-48(18-9-10-19-48)30-32-25-41(54-5)44(56-7)42(26-32)55-6/h13-14,24-29,37H,8-12,15-23,30H2,1-7H3/q+1. The van der Waals surface area contributed by atoms with Gasteiger partial charge in [0.1, 0.15) is 17.3 Å². The van der Waals surface area contributed by atoms with E-state index in [2.05, 4.69) is 42.2 Å². The lowest BCUT2D eigenvalue weighted by Crippen LogP contribution is -2.45. The van der Waals surface area contributed by atoms with Gasteiger partial charge in [0.15, 0.2) is 23.0 Å². The minimum Gasteiger partial charge on any atom is -0.496 e. The lowest BCUT2D eigenvalue weighted by molar-refractivity contribution is -0.929. The quantitative estimate of drug-likeness (QED) is 0.0469. The lowest BCUT2D eigenvalue weighted by Gasteiger charge is -2.38. The predicted molar refractivity (Wildman–Crippen MR) is 223 cm³/mol. The van der Waals surface area contributed by atoms with Crippen LogP contribution < -0.4 is 28.4 Å². The van der Waals surface area contributed by atoms with Crippen LogP contribution in [0, 0.1) is 0 Å². The molecule has 1 fully saturated rings. The van der Waals surface area contributed by atoms with Crippen molar-refractivity contribution < 1.29 is 52.0 Å². The Balaban J connectivity index is 1.12. The lowest BCUT2D eigenvalue weighted by atomic mass is 9.87. The second kappa shape index (κ2) is 21.4. The number of methoxy groups -OCH3 is 6. The van der Waals surface area contributed by atoms with Gasteiger partial charge in [-0.15, -0.1) is 0 Å². The Bertz CT molecular complexity index is 1870. The fourth-order valence-electron chi connectivity index (χ4n) is 8.38. The van der Waals surface area contributed by atoms with E-state index in [4.69, 9.17) is 49.5 Å². The zero-order valence-corrected chi connectivity index (χ0v) is 35.9. The highest BCUT2D eigenvalue weighted by atomic mass is 35.5. The smallest absolute Gasteiger partial charge is 0.350 e. The van der Waals surface area contributed by atoms with Crippen molar-refractivity contribution in [1.82, 2.24) is 4.90 Å². The van der Waals surface area contributed by atoms with E-state index in [1.54, 1.807) is 42.7 Å². The minimum absolute atomic E-state index is 0.0477. The molecule has 0 aromatic heterocycles. The highest BCUT2D eigenvalue weighted by Gasteiger charge is 2.33. The third kappa shape index (κ3) is 11.1. The molecule has 1 unspecified atom stereocenters. The molecule has 0 saturated carbocycles. The molecule has 3 aromatic rings. The minimum atomic E-state index is -0.758. The summed E-state index contributed by atoms with van der Waals surface area (Å²) in [6.45, 7) is 7.64. The average molecular weight is 824 g/mol. The topological polar surface area (TPSA) is 111 Å². The Hall–Kier alpha value is -4.65. The number of aryl methyl sites for hydroxylation is 1. The number of hydrogen-bond donors (Lipinski definition) is 0. The van der Waals surface area contributed by atoms with Crippen LogP contribution in [0.25, 0.3) is 0 Å². The molecule has 1 saturated heterocycles. The van der Waals surface area contributed by atoms with Crippen molar-refractivity contribution in [1.29, 1.82) is 0 Å². The van der Waals surface area contributed by atoms with Crippen LogP contribution in [0.5, 0.6) is 34.5 Å². The molecule has 58 heavy (non-hydrogen) atoms. The fourth-order valence-corrected chi connectivity index (χ4v) is 8.52. The molecule has 2 aliphatic rings. The summed E-state index contributed by atoms with van der Waals surface area (Å²) in [5.41, 5.74) is 5.81. The molecule has 13 heteroatoms. The van der Waals surface area contributed by atoms with Crippen molar-refractivity contribution in [3.8, 4) is 34.5 Å². The molecule has 0 aliphatic carbocycles. The van der Waals surface area contributed by atoms with Crippen LogP contribution in [0.1, 0.15) is 66.5 Å². The molecule has 0 N–H and O–H groups in total. The molecular weight excluding hydrogens is 764 g/mol. The molecule has 0 radical (unpaired) electrons. The number of carbonyl (C=O) groups excluding carboxylic acids is 2. The molecule has 0 amide bonds. The summed E-state index contributed by atoms with van der Waals surface area (Å²) in [5, 5.41) is -0.314. The first-order chi connectivity index (χ1) is 28.1. The number of quaternary nitrogens is 1. The highest BCUT2D eigenvalue weighted by molar-refractivity contribution is 6.42. The molecule has 12 nitrogen and oxygen atoms in total. The van der Waals surface area contributed by atoms with E-state index in [1.807, 2.05) is 12.1 Å². The number of nitrogens with zero attached hydrogens (tertiary/aromatic N) is 2. The average Bonchev–Trinajstić information content (AvgIpc) is 3.71. The Kier molecular flexibility index (Phi) is 16.4. The molecule has 0 spiro atoms. The van der Waals surface area contributed by atoms with E-state index in [0.717, 1.165) is 92.3 Å². The van der Waals surface area contributed by atoms with E-state index in [0.29, 0.717) is 48.1 Å². The van der Waals surface area contributed by atoms with Crippen LogP contribution >= 0.6 is 11.6 Å². The van der Waals surface area contributed by atoms with Gasteiger partial charge < -0.3 is 42.4 Å². The van der Waals surface area contributed by atoms with Crippen molar-refractivity contribution in [2.45, 2.75) is 64.5 Å². The van der Waals surface area contributed by atoms with Gasteiger partial charge in [-0.05, 0) is 78.3 Å². The number of carbonyl (C=O) groups is 2. The van der Waals surface area contributed by atoms with E-state index in [-0.39, 0.29) is 24.3 Å². The van der Waals surface area contributed by atoms with Gasteiger partial charge in [-0.25, -0.2) is 9.59 Å². The molecule has 5 rings (SSSR count). The molecular formula is C45H60ClN2O10+. The van der Waals surface area contributed by atoms with Gasteiger partial charge in [0, 0.05) is 50.0 Å². The maximum absolute atomic E-state index is 12.8. The maximum atomic E-state index is 12.8. The number of fused-ring (bicyclic) bond motifs is 1. The van der Waals surface area contributed by atoms with Crippen molar-refractivity contribution in [3.63, 3.8) is 0 Å². The molecule has 316 valence electrons. The van der Waals surface area contributed by atoms with Gasteiger partial charge in [-0.2, -0.15) is 0 Å². The number of hydrogen-bond acceptors (Lipinski definition) is 11. The molecule has 3 aromatic carbocycles. The summed E-state index contributed by atoms with van der Waals surface area (Å²) in [6.07, 6.45) is 6.98. The number of halogens is 1. The van der Waals surface area contributed by atoms with E-state index >= 15 is 0 Å².